The zero-order valence-electron chi connectivity index (χ0n) is 14.3. The number of nitro groups is 1. The van der Waals surface area contributed by atoms with Crippen LogP contribution in [0.25, 0.3) is 0 Å². The molecule has 11 heteroatoms. The Morgan fingerprint density at radius 3 is 3.00 bits per heavy atom. The van der Waals surface area contributed by atoms with E-state index in [1.165, 1.54) is 23.2 Å². The standard InChI is InChI=1S/C17H13N5O6/c23-17(20-18-6-11-1-3-14-16(5-11)27-10-26-14)15-4-2-13(28-15)9-21-8-12(7-19-21)22(24)25/h1-8H,9-10H2,(H,20,23). The van der Waals surface area contributed by atoms with Crippen molar-refractivity contribution in [1.82, 2.24) is 15.2 Å². The van der Waals surface area contributed by atoms with Crippen LogP contribution in [0.5, 0.6) is 11.5 Å². The molecule has 2 aromatic heterocycles. The number of hydrazone groups is 1. The molecule has 0 spiro atoms. The van der Waals surface area contributed by atoms with Crippen LogP contribution in [-0.4, -0.2) is 33.6 Å². The number of amides is 1. The molecule has 142 valence electrons. The van der Waals surface area contributed by atoms with Crippen LogP contribution < -0.4 is 14.9 Å². The minimum atomic E-state index is -0.539. The maximum atomic E-state index is 12.1. The fourth-order valence-corrected chi connectivity index (χ4v) is 2.49. The van der Waals surface area contributed by atoms with Gasteiger partial charge in [-0.25, -0.2) is 5.43 Å². The summed E-state index contributed by atoms with van der Waals surface area (Å²) < 4.78 is 17.3. The number of carbonyl (C=O) groups is 1. The summed E-state index contributed by atoms with van der Waals surface area (Å²) in [7, 11) is 0. The third kappa shape index (κ3) is 3.67. The lowest BCUT2D eigenvalue weighted by Crippen LogP contribution is -2.16. The molecule has 0 aliphatic carbocycles. The van der Waals surface area contributed by atoms with Crippen molar-refractivity contribution < 1.29 is 23.6 Å². The van der Waals surface area contributed by atoms with Crippen molar-refractivity contribution in [2.45, 2.75) is 6.54 Å². The first kappa shape index (κ1) is 17.3. The Bertz CT molecular complexity index is 1070. The normalized spacial score (nSPS) is 12.4. The summed E-state index contributed by atoms with van der Waals surface area (Å²) in [4.78, 5) is 22.2. The van der Waals surface area contributed by atoms with Gasteiger partial charge >= 0.3 is 11.6 Å². The van der Waals surface area contributed by atoms with E-state index in [9.17, 15) is 14.9 Å². The second kappa shape index (κ2) is 7.23. The second-order valence-electron chi connectivity index (χ2n) is 5.73. The Hall–Kier alpha value is -4.15. The zero-order chi connectivity index (χ0) is 19.5. The molecule has 0 fully saturated rings. The second-order valence-corrected chi connectivity index (χ2v) is 5.73. The Morgan fingerprint density at radius 2 is 2.18 bits per heavy atom. The van der Waals surface area contributed by atoms with Gasteiger partial charge in [0.15, 0.2) is 17.3 Å². The van der Waals surface area contributed by atoms with Crippen LogP contribution >= 0.6 is 0 Å². The van der Waals surface area contributed by atoms with Crippen LogP contribution in [0.15, 0.2) is 52.2 Å². The van der Waals surface area contributed by atoms with E-state index >= 15 is 0 Å². The van der Waals surface area contributed by atoms with Gasteiger partial charge in [0.25, 0.3) is 0 Å². The van der Waals surface area contributed by atoms with Gasteiger partial charge in [0.05, 0.1) is 17.7 Å². The summed E-state index contributed by atoms with van der Waals surface area (Å²) >= 11 is 0. The van der Waals surface area contributed by atoms with Crippen molar-refractivity contribution in [3.63, 3.8) is 0 Å². The predicted octanol–water partition coefficient (Wildman–Crippen LogP) is 1.93. The number of carbonyl (C=O) groups excluding carboxylic acids is 1. The lowest BCUT2D eigenvalue weighted by molar-refractivity contribution is -0.385. The molecule has 0 saturated heterocycles. The van der Waals surface area contributed by atoms with Gasteiger partial charge in [-0.15, -0.1) is 0 Å². The first-order valence-corrected chi connectivity index (χ1v) is 8.07. The molecule has 1 amide bonds. The fraction of sp³-hybridized carbons (Fsp3) is 0.118. The molecule has 0 radical (unpaired) electrons. The lowest BCUT2D eigenvalue weighted by Gasteiger charge is -1.99. The largest absolute Gasteiger partial charge is 0.454 e. The van der Waals surface area contributed by atoms with Gasteiger partial charge in [-0.1, -0.05) is 0 Å². The van der Waals surface area contributed by atoms with Crippen LogP contribution in [0.3, 0.4) is 0 Å². The summed E-state index contributed by atoms with van der Waals surface area (Å²) in [6, 6.07) is 8.34. The van der Waals surface area contributed by atoms with E-state index < -0.39 is 10.8 Å². The molecule has 1 aliphatic heterocycles. The smallest absolute Gasteiger partial charge is 0.307 e. The van der Waals surface area contributed by atoms with Crippen LogP contribution in [-0.2, 0) is 6.54 Å². The molecule has 0 unspecified atom stereocenters. The van der Waals surface area contributed by atoms with Crippen molar-refractivity contribution in [2.75, 3.05) is 6.79 Å². The fourth-order valence-electron chi connectivity index (χ4n) is 2.49. The summed E-state index contributed by atoms with van der Waals surface area (Å²) in [6.07, 6.45) is 3.88. The zero-order valence-corrected chi connectivity index (χ0v) is 14.3. The third-order valence-corrected chi connectivity index (χ3v) is 3.81. The monoisotopic (exact) mass is 383 g/mol. The van der Waals surface area contributed by atoms with Gasteiger partial charge in [-0.3, -0.25) is 19.6 Å². The molecule has 1 N–H and O–H groups in total. The van der Waals surface area contributed by atoms with Crippen molar-refractivity contribution in [3.8, 4) is 11.5 Å². The SMILES string of the molecule is O=C(NN=Cc1ccc2c(c1)OCO2)c1ccc(Cn2cc([N+](=O)[O-])cn2)o1. The number of rotatable bonds is 6. The number of hydrogen-bond acceptors (Lipinski definition) is 8. The summed E-state index contributed by atoms with van der Waals surface area (Å²) in [5, 5.41) is 18.4. The van der Waals surface area contributed by atoms with Crippen molar-refractivity contribution in [2.24, 2.45) is 5.10 Å². The molecular formula is C17H13N5O6. The highest BCUT2D eigenvalue weighted by Crippen LogP contribution is 2.31. The average molecular weight is 383 g/mol. The van der Waals surface area contributed by atoms with E-state index in [1.54, 1.807) is 24.3 Å². The van der Waals surface area contributed by atoms with E-state index in [0.717, 1.165) is 11.8 Å². The topological polar surface area (TPSA) is 134 Å². The molecule has 11 nitrogen and oxygen atoms in total. The highest BCUT2D eigenvalue weighted by molar-refractivity contribution is 5.92. The minimum Gasteiger partial charge on any atom is -0.454 e. The van der Waals surface area contributed by atoms with Crippen LogP contribution in [0, 0.1) is 10.1 Å². The first-order valence-electron chi connectivity index (χ1n) is 8.07. The molecule has 4 rings (SSSR count). The molecular weight excluding hydrogens is 370 g/mol. The number of nitrogens with one attached hydrogen (secondary N) is 1. The molecule has 3 heterocycles. The van der Waals surface area contributed by atoms with Crippen molar-refractivity contribution in [1.29, 1.82) is 0 Å². The van der Waals surface area contributed by atoms with Gasteiger partial charge in [-0.2, -0.15) is 10.2 Å². The van der Waals surface area contributed by atoms with Gasteiger partial charge in [0.2, 0.25) is 6.79 Å². The molecule has 28 heavy (non-hydrogen) atoms. The highest BCUT2D eigenvalue weighted by atomic mass is 16.7. The van der Waals surface area contributed by atoms with E-state index in [1.807, 2.05) is 0 Å². The van der Waals surface area contributed by atoms with Gasteiger partial charge in [0.1, 0.15) is 18.2 Å². The number of fused-ring (bicyclic) bond motifs is 1. The van der Waals surface area contributed by atoms with E-state index in [2.05, 4.69) is 15.6 Å². The Morgan fingerprint density at radius 1 is 1.32 bits per heavy atom. The van der Waals surface area contributed by atoms with Gasteiger partial charge in [-0.05, 0) is 35.9 Å². The number of nitrogens with zero attached hydrogens (tertiary/aromatic N) is 4. The van der Waals surface area contributed by atoms with Crippen LogP contribution in [0.1, 0.15) is 21.9 Å². The summed E-state index contributed by atoms with van der Waals surface area (Å²) in [5.41, 5.74) is 2.97. The first-order chi connectivity index (χ1) is 13.6. The third-order valence-electron chi connectivity index (χ3n) is 3.81. The quantitative estimate of drug-likeness (QED) is 0.390. The number of aromatic nitrogens is 2. The van der Waals surface area contributed by atoms with E-state index in [-0.39, 0.29) is 24.8 Å². The minimum absolute atomic E-state index is 0.0551. The molecule has 1 aromatic carbocycles. The maximum absolute atomic E-state index is 12.1. The molecule has 0 bridgehead atoms. The van der Waals surface area contributed by atoms with Gasteiger partial charge in [0, 0.05) is 0 Å². The Balaban J connectivity index is 1.35. The summed E-state index contributed by atoms with van der Waals surface area (Å²) in [6.45, 7) is 0.334. The van der Waals surface area contributed by atoms with Gasteiger partial charge < -0.3 is 13.9 Å². The molecule has 0 saturated carbocycles. The Labute approximate surface area is 157 Å². The molecule has 1 aliphatic rings. The van der Waals surface area contributed by atoms with E-state index in [4.69, 9.17) is 13.9 Å². The number of furan rings is 1. The summed E-state index contributed by atoms with van der Waals surface area (Å²) in [5.74, 6) is 1.22. The van der Waals surface area contributed by atoms with Crippen molar-refractivity contribution in [3.05, 3.63) is 69.9 Å². The lowest BCUT2D eigenvalue weighted by atomic mass is 10.2. The molecule has 0 atom stereocenters. The van der Waals surface area contributed by atoms with E-state index in [0.29, 0.717) is 17.3 Å². The maximum Gasteiger partial charge on any atom is 0.307 e. The van der Waals surface area contributed by atoms with Crippen LogP contribution in [0.2, 0.25) is 0 Å². The number of hydrogen-bond donors (Lipinski definition) is 1. The molecule has 3 aromatic rings. The van der Waals surface area contributed by atoms with Crippen LogP contribution in [0.4, 0.5) is 5.69 Å². The predicted molar refractivity (Wildman–Crippen MR) is 94.3 cm³/mol. The Kier molecular flexibility index (Phi) is 4.46. The highest BCUT2D eigenvalue weighted by Gasteiger charge is 2.14. The van der Waals surface area contributed by atoms with Crippen molar-refractivity contribution >= 4 is 17.8 Å². The number of ether oxygens (including phenoxy) is 2. The number of benzene rings is 1. The average Bonchev–Trinajstić information content (AvgIpc) is 3.42.